The average molecular weight is 320 g/mol. The van der Waals surface area contributed by atoms with E-state index in [2.05, 4.69) is 12.2 Å². The Morgan fingerprint density at radius 2 is 2.30 bits per heavy atom. The van der Waals surface area contributed by atoms with E-state index in [0.29, 0.717) is 26.2 Å². The van der Waals surface area contributed by atoms with E-state index in [1.165, 1.54) is 0 Å². The molecule has 23 heavy (non-hydrogen) atoms. The van der Waals surface area contributed by atoms with E-state index >= 15 is 0 Å². The fraction of sp³-hybridized carbons (Fsp3) is 0.611. The van der Waals surface area contributed by atoms with Crippen LogP contribution in [-0.4, -0.2) is 41.8 Å². The molecule has 2 rings (SSSR count). The Labute approximate surface area is 138 Å². The number of hydrogen-bond donors (Lipinski definition) is 2. The Kier molecular flexibility index (Phi) is 6.28. The van der Waals surface area contributed by atoms with E-state index in [4.69, 9.17) is 4.74 Å². The van der Waals surface area contributed by atoms with E-state index in [9.17, 15) is 9.90 Å². The topological polar surface area (TPSA) is 61.8 Å². The third-order valence-electron chi connectivity index (χ3n) is 4.31. The molecule has 2 atom stereocenters. The lowest BCUT2D eigenvalue weighted by molar-refractivity contribution is 0.129. The molecule has 1 heterocycles. The van der Waals surface area contributed by atoms with Crippen molar-refractivity contribution in [2.24, 2.45) is 5.92 Å². The SMILES string of the molecule is CCCOc1cc(C)ccc1CNC(=O)N1CC[C@H]([C@H](C)O)C1. The zero-order chi connectivity index (χ0) is 16.8. The van der Waals surface area contributed by atoms with E-state index in [1.54, 1.807) is 11.8 Å². The minimum absolute atomic E-state index is 0.0739. The number of nitrogens with zero attached hydrogens (tertiary/aromatic N) is 1. The number of carbonyl (C=O) groups is 1. The summed E-state index contributed by atoms with van der Waals surface area (Å²) in [5, 5.41) is 12.6. The summed E-state index contributed by atoms with van der Waals surface area (Å²) in [6.45, 7) is 8.34. The number of carbonyl (C=O) groups excluding carboxylic acids is 1. The second-order valence-corrected chi connectivity index (χ2v) is 6.35. The zero-order valence-corrected chi connectivity index (χ0v) is 14.3. The van der Waals surface area contributed by atoms with Gasteiger partial charge in [0.25, 0.3) is 0 Å². The van der Waals surface area contributed by atoms with Gasteiger partial charge >= 0.3 is 6.03 Å². The third-order valence-corrected chi connectivity index (χ3v) is 4.31. The van der Waals surface area contributed by atoms with Gasteiger partial charge in [0.2, 0.25) is 0 Å². The number of aryl methyl sites for hydroxylation is 1. The lowest BCUT2D eigenvalue weighted by atomic mass is 10.0. The number of aliphatic hydroxyl groups excluding tert-OH is 1. The molecular weight excluding hydrogens is 292 g/mol. The smallest absolute Gasteiger partial charge is 0.317 e. The highest BCUT2D eigenvalue weighted by atomic mass is 16.5. The van der Waals surface area contributed by atoms with Crippen molar-refractivity contribution in [3.05, 3.63) is 29.3 Å². The van der Waals surface area contributed by atoms with Crippen molar-refractivity contribution < 1.29 is 14.6 Å². The Morgan fingerprint density at radius 3 is 2.96 bits per heavy atom. The Balaban J connectivity index is 1.91. The lowest BCUT2D eigenvalue weighted by Gasteiger charge is -2.19. The van der Waals surface area contributed by atoms with Gasteiger partial charge in [0.1, 0.15) is 5.75 Å². The normalized spacial score (nSPS) is 18.8. The molecule has 0 aromatic heterocycles. The second kappa shape index (κ2) is 8.20. The van der Waals surface area contributed by atoms with Crippen LogP contribution in [-0.2, 0) is 6.54 Å². The summed E-state index contributed by atoms with van der Waals surface area (Å²) < 4.78 is 5.78. The van der Waals surface area contributed by atoms with Crippen LogP contribution in [0.25, 0.3) is 0 Å². The molecule has 1 aliphatic rings. The van der Waals surface area contributed by atoms with E-state index in [-0.39, 0.29) is 18.1 Å². The van der Waals surface area contributed by atoms with Crippen molar-refractivity contribution in [2.75, 3.05) is 19.7 Å². The van der Waals surface area contributed by atoms with E-state index in [1.807, 2.05) is 25.1 Å². The monoisotopic (exact) mass is 320 g/mol. The van der Waals surface area contributed by atoms with Crippen LogP contribution in [0.15, 0.2) is 18.2 Å². The molecule has 2 amide bonds. The molecule has 0 aliphatic carbocycles. The van der Waals surface area contributed by atoms with Crippen molar-refractivity contribution in [2.45, 2.75) is 46.3 Å². The van der Waals surface area contributed by atoms with Gasteiger partial charge in [0.15, 0.2) is 0 Å². The summed E-state index contributed by atoms with van der Waals surface area (Å²) in [7, 11) is 0. The maximum Gasteiger partial charge on any atom is 0.317 e. The zero-order valence-electron chi connectivity index (χ0n) is 14.3. The largest absolute Gasteiger partial charge is 0.493 e. The molecule has 0 radical (unpaired) electrons. The molecule has 5 heteroatoms. The van der Waals surface area contributed by atoms with Crippen LogP contribution >= 0.6 is 0 Å². The van der Waals surface area contributed by atoms with Crippen LogP contribution in [0.3, 0.4) is 0 Å². The molecule has 1 aliphatic heterocycles. The molecule has 2 N–H and O–H groups in total. The minimum atomic E-state index is -0.362. The Morgan fingerprint density at radius 1 is 1.52 bits per heavy atom. The van der Waals surface area contributed by atoms with Gasteiger partial charge in [-0.3, -0.25) is 0 Å². The lowest BCUT2D eigenvalue weighted by Crippen LogP contribution is -2.38. The summed E-state index contributed by atoms with van der Waals surface area (Å²) in [6.07, 6.45) is 1.45. The summed E-state index contributed by atoms with van der Waals surface area (Å²) in [5.41, 5.74) is 2.13. The molecule has 5 nitrogen and oxygen atoms in total. The maximum absolute atomic E-state index is 12.3. The molecule has 0 spiro atoms. The number of urea groups is 1. The highest BCUT2D eigenvalue weighted by molar-refractivity contribution is 5.74. The van der Waals surface area contributed by atoms with Crippen LogP contribution < -0.4 is 10.1 Å². The standard InChI is InChI=1S/C18H28N2O3/c1-4-9-23-17-10-13(2)5-6-15(17)11-19-18(22)20-8-7-16(12-20)14(3)21/h5-6,10,14,16,21H,4,7-9,11-12H2,1-3H3,(H,19,22)/t14-,16-/m0/s1. The number of ether oxygens (including phenoxy) is 1. The molecule has 128 valence electrons. The first kappa shape index (κ1) is 17.6. The number of amides is 2. The van der Waals surface area contributed by atoms with Crippen molar-refractivity contribution in [1.29, 1.82) is 0 Å². The van der Waals surface area contributed by atoms with Crippen molar-refractivity contribution in [1.82, 2.24) is 10.2 Å². The molecule has 1 aromatic rings. The van der Waals surface area contributed by atoms with Gasteiger partial charge < -0.3 is 20.1 Å². The summed E-state index contributed by atoms with van der Waals surface area (Å²) >= 11 is 0. The van der Waals surface area contributed by atoms with Gasteiger partial charge in [-0.15, -0.1) is 0 Å². The number of aliphatic hydroxyl groups is 1. The van der Waals surface area contributed by atoms with Crippen molar-refractivity contribution in [3.63, 3.8) is 0 Å². The van der Waals surface area contributed by atoms with Crippen LogP contribution in [0.1, 0.15) is 37.8 Å². The molecule has 1 aromatic carbocycles. The molecule has 1 fully saturated rings. The van der Waals surface area contributed by atoms with Gasteiger partial charge in [-0.1, -0.05) is 19.1 Å². The van der Waals surface area contributed by atoms with Crippen LogP contribution in [0.2, 0.25) is 0 Å². The Hall–Kier alpha value is -1.75. The first-order valence-electron chi connectivity index (χ1n) is 8.44. The molecular formula is C18H28N2O3. The van der Waals surface area contributed by atoms with Gasteiger partial charge in [0, 0.05) is 31.1 Å². The first-order chi connectivity index (χ1) is 11.0. The quantitative estimate of drug-likeness (QED) is 0.847. The molecule has 0 unspecified atom stereocenters. The van der Waals surface area contributed by atoms with Crippen molar-refractivity contribution >= 4 is 6.03 Å². The van der Waals surface area contributed by atoms with Gasteiger partial charge in [-0.2, -0.15) is 0 Å². The number of rotatable bonds is 6. The number of nitrogens with one attached hydrogen (secondary N) is 1. The minimum Gasteiger partial charge on any atom is -0.493 e. The summed E-state index contributed by atoms with van der Waals surface area (Å²) in [4.78, 5) is 14.0. The summed E-state index contributed by atoms with van der Waals surface area (Å²) in [6, 6.07) is 5.97. The van der Waals surface area contributed by atoms with E-state index in [0.717, 1.165) is 29.7 Å². The predicted octanol–water partition coefficient (Wildman–Crippen LogP) is 2.70. The molecule has 1 saturated heterocycles. The predicted molar refractivity (Wildman–Crippen MR) is 90.6 cm³/mol. The maximum atomic E-state index is 12.3. The first-order valence-corrected chi connectivity index (χ1v) is 8.44. The van der Waals surface area contributed by atoms with Crippen molar-refractivity contribution in [3.8, 4) is 5.75 Å². The van der Waals surface area contributed by atoms with Gasteiger partial charge in [0.05, 0.1) is 12.7 Å². The average Bonchev–Trinajstić information content (AvgIpc) is 3.02. The molecule has 0 saturated carbocycles. The number of likely N-dealkylation sites (tertiary alicyclic amines) is 1. The number of hydrogen-bond acceptors (Lipinski definition) is 3. The van der Waals surface area contributed by atoms with Crippen LogP contribution in [0, 0.1) is 12.8 Å². The Bertz CT molecular complexity index is 531. The van der Waals surface area contributed by atoms with Gasteiger partial charge in [-0.25, -0.2) is 4.79 Å². The second-order valence-electron chi connectivity index (χ2n) is 6.35. The highest BCUT2D eigenvalue weighted by Crippen LogP contribution is 2.22. The van der Waals surface area contributed by atoms with Crippen LogP contribution in [0.5, 0.6) is 5.75 Å². The van der Waals surface area contributed by atoms with E-state index < -0.39 is 0 Å². The fourth-order valence-electron chi connectivity index (χ4n) is 2.80. The fourth-order valence-corrected chi connectivity index (χ4v) is 2.80. The molecule has 0 bridgehead atoms. The number of benzene rings is 1. The highest BCUT2D eigenvalue weighted by Gasteiger charge is 2.28. The third kappa shape index (κ3) is 4.86. The van der Waals surface area contributed by atoms with Gasteiger partial charge in [-0.05, 0) is 38.3 Å². The van der Waals surface area contributed by atoms with Crippen LogP contribution in [0.4, 0.5) is 4.79 Å². The summed E-state index contributed by atoms with van der Waals surface area (Å²) in [5.74, 6) is 1.03.